The molecule has 0 bridgehead atoms. The number of esters is 1. The number of carbonyl (C=O) groups excluding carboxylic acids is 4. The van der Waals surface area contributed by atoms with Gasteiger partial charge in [-0.05, 0) is 69.5 Å². The highest BCUT2D eigenvalue weighted by atomic mass is 32.1. The monoisotopic (exact) mass is 784 g/mol. The minimum atomic E-state index is -0.633. The predicted octanol–water partition coefficient (Wildman–Crippen LogP) is 8.12. The van der Waals surface area contributed by atoms with Gasteiger partial charge in [0.15, 0.2) is 0 Å². The number of aromatic nitrogens is 1. The Morgan fingerprint density at radius 2 is 1.53 bits per heavy atom. The average Bonchev–Trinajstić information content (AvgIpc) is 3.66. The number of unbranched alkanes of at least 4 members (excludes halogenated alkanes) is 1. The van der Waals surface area contributed by atoms with Crippen molar-refractivity contribution in [3.63, 3.8) is 0 Å². The smallest absolute Gasteiger partial charge is 0.308 e. The van der Waals surface area contributed by atoms with Crippen LogP contribution >= 0.6 is 11.3 Å². The summed E-state index contributed by atoms with van der Waals surface area (Å²) in [4.78, 5) is 63.6. The third-order valence-corrected chi connectivity index (χ3v) is 12.1. The average molecular weight is 784 g/mol. The van der Waals surface area contributed by atoms with Crippen molar-refractivity contribution in [1.29, 1.82) is 0 Å². The van der Waals surface area contributed by atoms with Crippen molar-refractivity contribution in [2.45, 2.75) is 150 Å². The van der Waals surface area contributed by atoms with Gasteiger partial charge in [-0.1, -0.05) is 118 Å². The van der Waals surface area contributed by atoms with Crippen LogP contribution in [0.15, 0.2) is 35.7 Å². The van der Waals surface area contributed by atoms with E-state index in [0.717, 1.165) is 49.1 Å². The molecule has 3 amide bonds. The first kappa shape index (κ1) is 47.8. The lowest BCUT2D eigenvalue weighted by Gasteiger charge is -2.40. The van der Waals surface area contributed by atoms with Crippen molar-refractivity contribution in [1.82, 2.24) is 25.4 Å². The number of rotatable bonds is 25. The van der Waals surface area contributed by atoms with Crippen molar-refractivity contribution < 1.29 is 23.9 Å². The first-order valence-corrected chi connectivity index (χ1v) is 21.7. The summed E-state index contributed by atoms with van der Waals surface area (Å²) in [6.45, 7) is 19.3. The fraction of sp³-hybridized carbons (Fsp3) is 0.705. The van der Waals surface area contributed by atoms with Crippen LogP contribution < -0.4 is 10.6 Å². The van der Waals surface area contributed by atoms with Crippen molar-refractivity contribution in [2.75, 3.05) is 27.7 Å². The molecule has 0 fully saturated rings. The van der Waals surface area contributed by atoms with Gasteiger partial charge in [-0.3, -0.25) is 24.1 Å². The number of likely N-dealkylation sites (N-methyl/N-ethyl adjacent to an activating group) is 1. The van der Waals surface area contributed by atoms with Crippen LogP contribution in [-0.2, 0) is 25.5 Å². The summed E-state index contributed by atoms with van der Waals surface area (Å²) in [5.74, 6) is -0.780. The van der Waals surface area contributed by atoms with Gasteiger partial charge >= 0.3 is 5.97 Å². The Kier molecular flexibility index (Phi) is 21.2. The highest BCUT2D eigenvalue weighted by Gasteiger charge is 2.38. The summed E-state index contributed by atoms with van der Waals surface area (Å²) >= 11 is 1.50. The predicted molar refractivity (Wildman–Crippen MR) is 225 cm³/mol. The molecule has 2 aromatic rings. The Labute approximate surface area is 337 Å². The van der Waals surface area contributed by atoms with E-state index in [1.807, 2.05) is 66.5 Å². The standard InChI is InChI=1S/C44H73N5O5S/c1-13-17-23-34(42-46-36(28-55-42)40(50)45-35(25-32(9)44(53)54-12)26-33-21-19-18-20-22-33)27-37(29(5)6)49(24-14-2)43(52)38(30(7)15-3)47-41(51)39(48(10)11)31(8)16-4/h18-22,28-32,34-35,37-39H,13-17,23-27H2,1-12H3,(H,45,50)(H,47,51)/t30-,31-,32-,34+,35+,37+,38-,39-/m0/s1. The fourth-order valence-corrected chi connectivity index (χ4v) is 8.45. The van der Waals surface area contributed by atoms with Gasteiger partial charge in [-0.15, -0.1) is 11.3 Å². The van der Waals surface area contributed by atoms with Gasteiger partial charge in [0, 0.05) is 29.9 Å². The number of nitrogens with one attached hydrogen (secondary N) is 2. The molecule has 0 spiro atoms. The molecular weight excluding hydrogens is 711 g/mol. The number of nitrogens with zero attached hydrogens (tertiary/aromatic N) is 3. The van der Waals surface area contributed by atoms with Gasteiger partial charge in [0.05, 0.1) is 24.1 Å². The molecular formula is C44H73N5O5S. The SMILES string of the molecule is CCCC[C@H](C[C@H](C(C)C)N(CCC)C(=O)[C@@H](NC(=O)[C@H]([C@@H](C)CC)N(C)C)[C@@H](C)CC)c1nc(C(=O)N[C@@H](Cc2ccccc2)C[C@H](C)C(=O)OC)cs1. The Morgan fingerprint density at radius 1 is 0.873 bits per heavy atom. The first-order chi connectivity index (χ1) is 26.1. The second kappa shape index (κ2) is 24.4. The Morgan fingerprint density at radius 3 is 2.07 bits per heavy atom. The van der Waals surface area contributed by atoms with E-state index in [1.54, 1.807) is 0 Å². The zero-order valence-corrected chi connectivity index (χ0v) is 36.8. The van der Waals surface area contributed by atoms with Crippen LogP contribution in [0.2, 0.25) is 0 Å². The van der Waals surface area contributed by atoms with E-state index >= 15 is 0 Å². The quantitative estimate of drug-likeness (QED) is 0.0977. The van der Waals surface area contributed by atoms with Crippen LogP contribution in [0.4, 0.5) is 0 Å². The largest absolute Gasteiger partial charge is 0.469 e. The molecule has 0 unspecified atom stereocenters. The lowest BCUT2D eigenvalue weighted by Crippen LogP contribution is -2.59. The van der Waals surface area contributed by atoms with Gasteiger partial charge in [0.2, 0.25) is 11.8 Å². The summed E-state index contributed by atoms with van der Waals surface area (Å²) in [5, 5.41) is 9.13. The Bertz CT molecular complexity index is 1450. The molecule has 8 atom stereocenters. The first-order valence-electron chi connectivity index (χ1n) is 20.8. The highest BCUT2D eigenvalue weighted by Crippen LogP contribution is 2.34. The number of methoxy groups -OCH3 is 1. The van der Waals surface area contributed by atoms with Crippen LogP contribution in [0.3, 0.4) is 0 Å². The van der Waals surface area contributed by atoms with Gasteiger partial charge in [-0.2, -0.15) is 0 Å². The van der Waals surface area contributed by atoms with E-state index in [4.69, 9.17) is 9.72 Å². The summed E-state index contributed by atoms with van der Waals surface area (Å²) in [6.07, 6.45) is 7.04. The molecule has 0 saturated heterocycles. The molecule has 2 N–H and O–H groups in total. The second-order valence-electron chi connectivity index (χ2n) is 16.2. The zero-order valence-electron chi connectivity index (χ0n) is 36.0. The Hall–Kier alpha value is -3.31. The number of hydrogen-bond acceptors (Lipinski definition) is 8. The van der Waals surface area contributed by atoms with Crippen LogP contribution in [0.1, 0.15) is 141 Å². The van der Waals surface area contributed by atoms with Gasteiger partial charge in [0.25, 0.3) is 5.91 Å². The maximum atomic E-state index is 14.7. The number of carbonyl (C=O) groups is 4. The molecule has 10 nitrogen and oxygen atoms in total. The number of ether oxygens (including phenoxy) is 1. The molecule has 55 heavy (non-hydrogen) atoms. The molecule has 0 radical (unpaired) electrons. The maximum absolute atomic E-state index is 14.7. The zero-order chi connectivity index (χ0) is 41.2. The van der Waals surface area contributed by atoms with Crippen molar-refractivity contribution in [2.24, 2.45) is 23.7 Å². The van der Waals surface area contributed by atoms with Gasteiger partial charge in [-0.25, -0.2) is 4.98 Å². The van der Waals surface area contributed by atoms with Crippen LogP contribution in [0.5, 0.6) is 0 Å². The molecule has 0 saturated carbocycles. The molecule has 2 rings (SSSR count). The van der Waals surface area contributed by atoms with E-state index in [1.165, 1.54) is 18.4 Å². The van der Waals surface area contributed by atoms with E-state index in [-0.39, 0.29) is 71.4 Å². The van der Waals surface area contributed by atoms with Gasteiger partial charge in [0.1, 0.15) is 11.7 Å². The molecule has 1 aromatic heterocycles. The number of amides is 3. The summed E-state index contributed by atoms with van der Waals surface area (Å²) in [6, 6.07) is 8.59. The van der Waals surface area contributed by atoms with Crippen LogP contribution in [-0.4, -0.2) is 90.4 Å². The minimum absolute atomic E-state index is 0.0241. The van der Waals surface area contributed by atoms with Crippen LogP contribution in [0.25, 0.3) is 0 Å². The van der Waals surface area contributed by atoms with Crippen molar-refractivity contribution in [3.05, 3.63) is 52.0 Å². The molecule has 11 heteroatoms. The number of thiazole rings is 1. The van der Waals surface area contributed by atoms with E-state index in [2.05, 4.69) is 66.0 Å². The number of hydrogen-bond donors (Lipinski definition) is 2. The third-order valence-electron chi connectivity index (χ3n) is 11.1. The summed E-state index contributed by atoms with van der Waals surface area (Å²) in [7, 11) is 5.23. The van der Waals surface area contributed by atoms with Gasteiger partial charge < -0.3 is 20.3 Å². The maximum Gasteiger partial charge on any atom is 0.308 e. The molecule has 0 aliphatic heterocycles. The molecule has 0 aliphatic carbocycles. The number of benzene rings is 1. The molecule has 1 heterocycles. The van der Waals surface area contributed by atoms with E-state index in [9.17, 15) is 19.2 Å². The normalized spacial score (nSPS) is 16.0. The summed E-state index contributed by atoms with van der Waals surface area (Å²) < 4.78 is 4.98. The molecule has 1 aromatic carbocycles. The van der Waals surface area contributed by atoms with E-state index in [0.29, 0.717) is 31.5 Å². The lowest BCUT2D eigenvalue weighted by molar-refractivity contribution is -0.145. The van der Waals surface area contributed by atoms with E-state index < -0.39 is 6.04 Å². The molecule has 310 valence electrons. The Balaban J connectivity index is 2.42. The second-order valence-corrected chi connectivity index (χ2v) is 17.1. The van der Waals surface area contributed by atoms with Crippen molar-refractivity contribution >= 4 is 35.0 Å². The fourth-order valence-electron chi connectivity index (χ4n) is 7.50. The minimum Gasteiger partial charge on any atom is -0.469 e. The summed E-state index contributed by atoms with van der Waals surface area (Å²) in [5.41, 5.74) is 1.43. The lowest BCUT2D eigenvalue weighted by atomic mass is 9.87. The topological polar surface area (TPSA) is 121 Å². The van der Waals surface area contributed by atoms with Crippen LogP contribution in [0, 0.1) is 23.7 Å². The molecule has 0 aliphatic rings. The third kappa shape index (κ3) is 14.6. The van der Waals surface area contributed by atoms with Crippen molar-refractivity contribution in [3.8, 4) is 0 Å². The highest BCUT2D eigenvalue weighted by molar-refractivity contribution is 7.09.